The summed E-state index contributed by atoms with van der Waals surface area (Å²) in [5.41, 5.74) is 1.22. The van der Waals surface area contributed by atoms with E-state index in [1.165, 1.54) is 0 Å². The summed E-state index contributed by atoms with van der Waals surface area (Å²) in [7, 11) is 0.965. The van der Waals surface area contributed by atoms with Gasteiger partial charge < -0.3 is 15.1 Å². The fourth-order valence-electron chi connectivity index (χ4n) is 2.85. The van der Waals surface area contributed by atoms with Crippen molar-refractivity contribution in [2.24, 2.45) is 0 Å². The van der Waals surface area contributed by atoms with Crippen LogP contribution in [0.3, 0.4) is 0 Å². The number of nitrogens with one attached hydrogen (secondary N) is 1. The van der Waals surface area contributed by atoms with Crippen LogP contribution < -0.4 is 10.2 Å². The number of pyridine rings is 1. The Kier molecular flexibility index (Phi) is 6.17. The van der Waals surface area contributed by atoms with Crippen LogP contribution >= 0.6 is 0 Å². The number of rotatable bonds is 7. The second kappa shape index (κ2) is 7.94. The zero-order chi connectivity index (χ0) is 17.7. The van der Waals surface area contributed by atoms with Crippen LogP contribution in [0.2, 0.25) is 0 Å². The van der Waals surface area contributed by atoms with Crippen molar-refractivity contribution in [3.8, 4) is 0 Å². The molecule has 1 aliphatic heterocycles. The van der Waals surface area contributed by atoms with Crippen LogP contribution in [0.4, 0.5) is 5.69 Å². The summed E-state index contributed by atoms with van der Waals surface area (Å²) >= 11 is 0. The van der Waals surface area contributed by atoms with Gasteiger partial charge in [0.15, 0.2) is 9.84 Å². The van der Waals surface area contributed by atoms with Gasteiger partial charge in [-0.3, -0.25) is 4.79 Å². The SMILES string of the molecule is CCN(c1ccc(C(=O)NCCN(C)C)nc1)C1CCS(=O)(=O)C1. The fraction of sp³-hybridized carbons (Fsp3) is 0.625. The summed E-state index contributed by atoms with van der Waals surface area (Å²) in [6, 6.07) is 3.51. The van der Waals surface area contributed by atoms with Crippen molar-refractivity contribution in [2.75, 3.05) is 50.1 Å². The van der Waals surface area contributed by atoms with Crippen molar-refractivity contribution >= 4 is 21.4 Å². The summed E-state index contributed by atoms with van der Waals surface area (Å²) in [5.74, 6) is 0.233. The molecule has 134 valence electrons. The Hall–Kier alpha value is -1.67. The number of anilines is 1. The number of sulfone groups is 1. The molecule has 8 heteroatoms. The van der Waals surface area contributed by atoms with Gasteiger partial charge >= 0.3 is 0 Å². The Labute approximate surface area is 144 Å². The van der Waals surface area contributed by atoms with Gasteiger partial charge in [0.25, 0.3) is 5.91 Å². The topological polar surface area (TPSA) is 82.6 Å². The van der Waals surface area contributed by atoms with Crippen molar-refractivity contribution in [3.05, 3.63) is 24.0 Å². The lowest BCUT2D eigenvalue weighted by molar-refractivity contribution is 0.0946. The molecule has 1 amide bonds. The molecular weight excluding hydrogens is 328 g/mol. The molecule has 1 saturated heterocycles. The maximum absolute atomic E-state index is 12.0. The molecule has 1 N–H and O–H groups in total. The van der Waals surface area contributed by atoms with Crippen LogP contribution in [0.1, 0.15) is 23.8 Å². The first-order valence-corrected chi connectivity index (χ1v) is 10.0. The minimum Gasteiger partial charge on any atom is -0.367 e. The molecule has 1 aromatic rings. The summed E-state index contributed by atoms with van der Waals surface area (Å²) in [4.78, 5) is 20.3. The van der Waals surface area contributed by atoms with E-state index in [0.717, 1.165) is 12.2 Å². The highest BCUT2D eigenvalue weighted by molar-refractivity contribution is 7.91. The number of amides is 1. The molecule has 0 bridgehead atoms. The van der Waals surface area contributed by atoms with E-state index >= 15 is 0 Å². The van der Waals surface area contributed by atoms with Crippen LogP contribution in [0.15, 0.2) is 18.3 Å². The summed E-state index contributed by atoms with van der Waals surface area (Å²) in [5, 5.41) is 2.82. The minimum atomic E-state index is -2.93. The van der Waals surface area contributed by atoms with Crippen molar-refractivity contribution in [1.29, 1.82) is 0 Å². The molecule has 24 heavy (non-hydrogen) atoms. The maximum Gasteiger partial charge on any atom is 0.269 e. The Morgan fingerprint density at radius 1 is 1.38 bits per heavy atom. The highest BCUT2D eigenvalue weighted by Crippen LogP contribution is 2.23. The van der Waals surface area contributed by atoms with Crippen LogP contribution in [0, 0.1) is 0 Å². The highest BCUT2D eigenvalue weighted by Gasteiger charge is 2.31. The highest BCUT2D eigenvalue weighted by atomic mass is 32.2. The molecule has 1 aromatic heterocycles. The van der Waals surface area contributed by atoms with Crippen LogP contribution in [-0.4, -0.2) is 75.5 Å². The lowest BCUT2D eigenvalue weighted by Gasteiger charge is -2.28. The van der Waals surface area contributed by atoms with Gasteiger partial charge in [-0.2, -0.15) is 0 Å². The predicted octanol–water partition coefficient (Wildman–Crippen LogP) is 0.386. The zero-order valence-electron chi connectivity index (χ0n) is 14.5. The molecule has 0 aromatic carbocycles. The van der Waals surface area contributed by atoms with Crippen molar-refractivity contribution in [1.82, 2.24) is 15.2 Å². The first-order chi connectivity index (χ1) is 11.3. The molecule has 0 saturated carbocycles. The molecule has 0 aliphatic carbocycles. The van der Waals surface area contributed by atoms with E-state index in [1.807, 2.05) is 36.9 Å². The third-order valence-corrected chi connectivity index (χ3v) is 5.90. The van der Waals surface area contributed by atoms with Crippen LogP contribution in [0.25, 0.3) is 0 Å². The van der Waals surface area contributed by atoms with Gasteiger partial charge in [-0.1, -0.05) is 0 Å². The van der Waals surface area contributed by atoms with Crippen LogP contribution in [-0.2, 0) is 9.84 Å². The standard InChI is InChI=1S/C16H26N4O3S/c1-4-20(14-7-10-24(22,23)12-14)13-5-6-15(18-11-13)16(21)17-8-9-19(2)3/h5-6,11,14H,4,7-10,12H2,1-3H3,(H,17,21). The van der Waals surface area contributed by atoms with Crippen LogP contribution in [0.5, 0.6) is 0 Å². The van der Waals surface area contributed by atoms with Gasteiger partial charge in [0.1, 0.15) is 5.69 Å². The average Bonchev–Trinajstić information content (AvgIpc) is 2.88. The molecule has 2 rings (SSSR count). The van der Waals surface area contributed by atoms with E-state index in [1.54, 1.807) is 12.3 Å². The average molecular weight is 354 g/mol. The second-order valence-electron chi connectivity index (χ2n) is 6.30. The largest absolute Gasteiger partial charge is 0.367 e. The Morgan fingerprint density at radius 2 is 2.12 bits per heavy atom. The molecule has 0 spiro atoms. The lowest BCUT2D eigenvalue weighted by atomic mass is 10.2. The number of carbonyl (C=O) groups is 1. The Bertz CT molecular complexity index is 658. The summed E-state index contributed by atoms with van der Waals surface area (Å²) in [6.07, 6.45) is 2.29. The molecule has 1 aliphatic rings. The van der Waals surface area contributed by atoms with E-state index in [4.69, 9.17) is 0 Å². The van der Waals surface area contributed by atoms with E-state index in [9.17, 15) is 13.2 Å². The number of carbonyl (C=O) groups excluding carboxylic acids is 1. The molecule has 2 heterocycles. The monoisotopic (exact) mass is 354 g/mol. The number of likely N-dealkylation sites (N-methyl/N-ethyl adjacent to an activating group) is 1. The van der Waals surface area contributed by atoms with Gasteiger partial charge in [-0.25, -0.2) is 13.4 Å². The Morgan fingerprint density at radius 3 is 2.62 bits per heavy atom. The summed E-state index contributed by atoms with van der Waals surface area (Å²) < 4.78 is 23.4. The van der Waals surface area contributed by atoms with E-state index in [-0.39, 0.29) is 23.5 Å². The van der Waals surface area contributed by atoms with E-state index in [0.29, 0.717) is 25.2 Å². The normalized spacial score (nSPS) is 19.4. The number of aromatic nitrogens is 1. The molecule has 1 unspecified atom stereocenters. The maximum atomic E-state index is 12.0. The summed E-state index contributed by atoms with van der Waals surface area (Å²) in [6.45, 7) is 4.03. The van der Waals surface area contributed by atoms with Gasteiger partial charge in [0.05, 0.1) is 23.4 Å². The molecule has 1 fully saturated rings. The van der Waals surface area contributed by atoms with E-state index in [2.05, 4.69) is 10.3 Å². The van der Waals surface area contributed by atoms with Gasteiger partial charge in [-0.15, -0.1) is 0 Å². The quantitative estimate of drug-likeness (QED) is 0.763. The minimum absolute atomic E-state index is 0.0124. The van der Waals surface area contributed by atoms with Crippen molar-refractivity contribution in [3.63, 3.8) is 0 Å². The molecule has 1 atom stereocenters. The lowest BCUT2D eigenvalue weighted by Crippen LogP contribution is -2.36. The smallest absolute Gasteiger partial charge is 0.269 e. The van der Waals surface area contributed by atoms with E-state index < -0.39 is 9.84 Å². The third kappa shape index (κ3) is 4.91. The molecular formula is C16H26N4O3S. The third-order valence-electron chi connectivity index (χ3n) is 4.15. The Balaban J connectivity index is 2.01. The zero-order valence-corrected chi connectivity index (χ0v) is 15.3. The molecule has 0 radical (unpaired) electrons. The number of nitrogens with zero attached hydrogens (tertiary/aromatic N) is 3. The van der Waals surface area contributed by atoms with Gasteiger partial charge in [0, 0.05) is 25.7 Å². The fourth-order valence-corrected chi connectivity index (χ4v) is 4.58. The second-order valence-corrected chi connectivity index (χ2v) is 8.53. The van der Waals surface area contributed by atoms with Gasteiger partial charge in [-0.05, 0) is 39.6 Å². The first kappa shape index (κ1) is 18.7. The number of hydrogen-bond acceptors (Lipinski definition) is 6. The number of hydrogen-bond donors (Lipinski definition) is 1. The predicted molar refractivity (Wildman–Crippen MR) is 95.2 cm³/mol. The molecule has 7 nitrogen and oxygen atoms in total. The van der Waals surface area contributed by atoms with Crippen molar-refractivity contribution < 1.29 is 13.2 Å². The van der Waals surface area contributed by atoms with Crippen molar-refractivity contribution in [2.45, 2.75) is 19.4 Å². The van der Waals surface area contributed by atoms with Gasteiger partial charge in [0.2, 0.25) is 0 Å². The first-order valence-electron chi connectivity index (χ1n) is 8.18.